The van der Waals surface area contributed by atoms with Crippen LogP contribution in [-0.2, 0) is 9.47 Å². The van der Waals surface area contributed by atoms with Gasteiger partial charge in [-0.25, -0.2) is 4.79 Å². The highest BCUT2D eigenvalue weighted by atomic mass is 16.7. The highest BCUT2D eigenvalue weighted by Gasteiger charge is 2.30. The fourth-order valence-corrected chi connectivity index (χ4v) is 2.14. The molecule has 0 aromatic rings. The quantitative estimate of drug-likeness (QED) is 0.437. The summed E-state index contributed by atoms with van der Waals surface area (Å²) < 4.78 is 10.7. The minimum atomic E-state index is -0.572. The summed E-state index contributed by atoms with van der Waals surface area (Å²) in [5, 5.41) is 0. The summed E-state index contributed by atoms with van der Waals surface area (Å²) in [6.45, 7) is 11.9. The van der Waals surface area contributed by atoms with Crippen LogP contribution in [0.15, 0.2) is 12.7 Å². The van der Waals surface area contributed by atoms with E-state index >= 15 is 0 Å². The topological polar surface area (TPSA) is 35.5 Å². The van der Waals surface area contributed by atoms with Crippen LogP contribution in [0.5, 0.6) is 0 Å². The lowest BCUT2D eigenvalue weighted by Gasteiger charge is -2.30. The Kier molecular flexibility index (Phi) is 8.51. The van der Waals surface area contributed by atoms with Crippen LogP contribution < -0.4 is 0 Å². The summed E-state index contributed by atoms with van der Waals surface area (Å²) in [5.74, 6) is 0. The molecule has 0 spiro atoms. The van der Waals surface area contributed by atoms with Crippen molar-refractivity contribution < 1.29 is 14.3 Å². The third-order valence-electron chi connectivity index (χ3n) is 3.00. The van der Waals surface area contributed by atoms with Crippen LogP contribution in [0.2, 0.25) is 0 Å². The van der Waals surface area contributed by atoms with Gasteiger partial charge in [0.1, 0.15) is 11.7 Å². The molecular weight excluding hydrogens is 228 g/mol. The SMILES string of the molecule is C=CC(CCC)(CCC)OC(=O)OC(C)CCC. The number of carbonyl (C=O) groups is 1. The average molecular weight is 256 g/mol. The first kappa shape index (κ1) is 17.0. The molecule has 3 heteroatoms. The molecule has 1 unspecified atom stereocenters. The smallest absolute Gasteiger partial charge is 0.431 e. The summed E-state index contributed by atoms with van der Waals surface area (Å²) in [4.78, 5) is 11.8. The summed E-state index contributed by atoms with van der Waals surface area (Å²) in [5.41, 5.74) is -0.563. The summed E-state index contributed by atoms with van der Waals surface area (Å²) in [6, 6.07) is 0. The van der Waals surface area contributed by atoms with Crippen molar-refractivity contribution in [2.45, 2.75) is 77.9 Å². The Hall–Kier alpha value is -0.990. The van der Waals surface area contributed by atoms with Crippen LogP contribution in [0.3, 0.4) is 0 Å². The van der Waals surface area contributed by atoms with Crippen LogP contribution in [0.25, 0.3) is 0 Å². The van der Waals surface area contributed by atoms with E-state index in [0.717, 1.165) is 38.5 Å². The molecule has 0 fully saturated rings. The van der Waals surface area contributed by atoms with E-state index in [4.69, 9.17) is 9.47 Å². The molecule has 0 bridgehead atoms. The minimum absolute atomic E-state index is 0.0896. The third kappa shape index (κ3) is 6.08. The third-order valence-corrected chi connectivity index (χ3v) is 3.00. The van der Waals surface area contributed by atoms with E-state index < -0.39 is 11.8 Å². The zero-order chi connectivity index (χ0) is 14.0. The highest BCUT2D eigenvalue weighted by Crippen LogP contribution is 2.26. The van der Waals surface area contributed by atoms with Gasteiger partial charge in [0.15, 0.2) is 0 Å². The molecule has 0 aliphatic heterocycles. The minimum Gasteiger partial charge on any atom is -0.431 e. The van der Waals surface area contributed by atoms with Gasteiger partial charge in [-0.3, -0.25) is 0 Å². The van der Waals surface area contributed by atoms with E-state index in [9.17, 15) is 4.79 Å². The predicted molar refractivity (Wildman–Crippen MR) is 74.7 cm³/mol. The van der Waals surface area contributed by atoms with Crippen molar-refractivity contribution in [3.8, 4) is 0 Å². The van der Waals surface area contributed by atoms with Gasteiger partial charge in [0.2, 0.25) is 0 Å². The molecule has 0 radical (unpaired) electrons. The van der Waals surface area contributed by atoms with E-state index in [0.29, 0.717) is 0 Å². The molecule has 106 valence electrons. The lowest BCUT2D eigenvalue weighted by Crippen LogP contribution is -2.34. The van der Waals surface area contributed by atoms with E-state index in [-0.39, 0.29) is 6.10 Å². The monoisotopic (exact) mass is 256 g/mol. The van der Waals surface area contributed by atoms with Crippen LogP contribution in [0.4, 0.5) is 4.79 Å². The first-order valence-corrected chi connectivity index (χ1v) is 7.06. The molecule has 0 aliphatic carbocycles. The molecule has 1 atom stereocenters. The Labute approximate surface area is 112 Å². The van der Waals surface area contributed by atoms with Crippen molar-refractivity contribution >= 4 is 6.16 Å². The number of hydrogen-bond acceptors (Lipinski definition) is 3. The van der Waals surface area contributed by atoms with Crippen LogP contribution in [0, 0.1) is 0 Å². The molecule has 0 saturated carbocycles. The summed E-state index contributed by atoms with van der Waals surface area (Å²) in [6.07, 6.45) is 6.41. The second-order valence-electron chi connectivity index (χ2n) is 4.84. The maximum absolute atomic E-state index is 11.8. The van der Waals surface area contributed by atoms with E-state index in [1.165, 1.54) is 0 Å². The highest BCUT2D eigenvalue weighted by molar-refractivity contribution is 5.61. The molecule has 0 aromatic carbocycles. The lowest BCUT2D eigenvalue weighted by atomic mass is 9.93. The molecule has 0 aromatic heterocycles. The largest absolute Gasteiger partial charge is 0.509 e. The van der Waals surface area contributed by atoms with Gasteiger partial charge in [0, 0.05) is 0 Å². The lowest BCUT2D eigenvalue weighted by molar-refractivity contribution is -0.0344. The fourth-order valence-electron chi connectivity index (χ4n) is 2.14. The summed E-state index contributed by atoms with van der Waals surface area (Å²) in [7, 11) is 0. The van der Waals surface area contributed by atoms with Crippen LogP contribution in [0.1, 0.15) is 66.2 Å². The maximum atomic E-state index is 11.8. The van der Waals surface area contributed by atoms with Gasteiger partial charge in [0.25, 0.3) is 0 Å². The maximum Gasteiger partial charge on any atom is 0.509 e. The van der Waals surface area contributed by atoms with Crippen molar-refractivity contribution in [3.05, 3.63) is 12.7 Å². The van der Waals surface area contributed by atoms with Crippen molar-refractivity contribution in [1.82, 2.24) is 0 Å². The standard InChI is InChI=1S/C15H28O3/c1-6-10-13(5)17-14(16)18-15(9-4,11-7-2)12-8-3/h9,13H,4,6-8,10-12H2,1-3,5H3. The van der Waals surface area contributed by atoms with E-state index in [1.807, 2.05) is 6.92 Å². The number of ether oxygens (including phenoxy) is 2. The number of rotatable bonds is 9. The molecule has 0 heterocycles. The Morgan fingerprint density at radius 2 is 1.78 bits per heavy atom. The first-order valence-electron chi connectivity index (χ1n) is 7.06. The second kappa shape index (κ2) is 9.01. The van der Waals surface area contributed by atoms with Crippen molar-refractivity contribution in [3.63, 3.8) is 0 Å². The average Bonchev–Trinajstić information content (AvgIpc) is 2.29. The van der Waals surface area contributed by atoms with Crippen LogP contribution >= 0.6 is 0 Å². The zero-order valence-corrected chi connectivity index (χ0v) is 12.3. The van der Waals surface area contributed by atoms with Crippen LogP contribution in [-0.4, -0.2) is 17.9 Å². The molecule has 0 N–H and O–H groups in total. The zero-order valence-electron chi connectivity index (χ0n) is 12.3. The Morgan fingerprint density at radius 1 is 1.22 bits per heavy atom. The Morgan fingerprint density at radius 3 is 2.17 bits per heavy atom. The van der Waals surface area contributed by atoms with Gasteiger partial charge in [-0.2, -0.15) is 0 Å². The van der Waals surface area contributed by atoms with Gasteiger partial charge in [-0.05, 0) is 32.3 Å². The fraction of sp³-hybridized carbons (Fsp3) is 0.800. The molecule has 0 amide bonds. The number of carbonyl (C=O) groups excluding carboxylic acids is 1. The van der Waals surface area contributed by atoms with Crippen molar-refractivity contribution in [2.75, 3.05) is 0 Å². The van der Waals surface area contributed by atoms with Gasteiger partial charge in [-0.15, -0.1) is 0 Å². The number of hydrogen-bond donors (Lipinski definition) is 0. The molecular formula is C15H28O3. The van der Waals surface area contributed by atoms with Gasteiger partial charge in [-0.1, -0.05) is 46.6 Å². The van der Waals surface area contributed by atoms with E-state index in [2.05, 4.69) is 27.4 Å². The molecule has 18 heavy (non-hydrogen) atoms. The normalized spacial score (nSPS) is 12.9. The van der Waals surface area contributed by atoms with E-state index in [1.54, 1.807) is 6.08 Å². The van der Waals surface area contributed by atoms with Crippen molar-refractivity contribution in [2.24, 2.45) is 0 Å². The Bertz CT molecular complexity index is 242. The molecule has 0 saturated heterocycles. The molecule has 3 nitrogen and oxygen atoms in total. The molecule has 0 aliphatic rings. The summed E-state index contributed by atoms with van der Waals surface area (Å²) >= 11 is 0. The Balaban J connectivity index is 4.46. The second-order valence-corrected chi connectivity index (χ2v) is 4.84. The molecule has 0 rings (SSSR count). The predicted octanol–water partition coefficient (Wildman–Crippen LogP) is 4.85. The van der Waals surface area contributed by atoms with Crippen molar-refractivity contribution in [1.29, 1.82) is 0 Å². The van der Waals surface area contributed by atoms with Gasteiger partial charge < -0.3 is 9.47 Å². The van der Waals surface area contributed by atoms with Gasteiger partial charge in [0.05, 0.1) is 0 Å². The first-order chi connectivity index (χ1) is 8.53. The van der Waals surface area contributed by atoms with Gasteiger partial charge >= 0.3 is 6.16 Å².